The Balaban J connectivity index is 2.09. The molecule has 1 heterocycles. The summed E-state index contributed by atoms with van der Waals surface area (Å²) in [7, 11) is 0. The lowest BCUT2D eigenvalue weighted by molar-refractivity contribution is 0.300. The molecule has 0 aliphatic heterocycles. The van der Waals surface area contributed by atoms with Gasteiger partial charge in [-0.3, -0.25) is 0 Å². The molecule has 1 aromatic carbocycles. The normalized spacial score (nSPS) is 17.7. The molecule has 3 heteroatoms. The highest BCUT2D eigenvalue weighted by Crippen LogP contribution is 2.50. The zero-order valence-corrected chi connectivity index (χ0v) is 10.8. The quantitative estimate of drug-likeness (QED) is 0.878. The summed E-state index contributed by atoms with van der Waals surface area (Å²) in [5.74, 6) is 0.701. The van der Waals surface area contributed by atoms with Crippen molar-refractivity contribution in [1.29, 1.82) is 0 Å². The lowest BCUT2D eigenvalue weighted by Crippen LogP contribution is -2.35. The number of aromatic nitrogens is 1. The van der Waals surface area contributed by atoms with Crippen LogP contribution in [0.4, 0.5) is 5.82 Å². The van der Waals surface area contributed by atoms with Gasteiger partial charge in [0.05, 0.1) is 0 Å². The number of hydrogen-bond donors (Lipinski definition) is 1. The number of hydrogen-bond acceptors (Lipinski definition) is 3. The van der Waals surface area contributed by atoms with Crippen molar-refractivity contribution in [1.82, 2.24) is 4.98 Å². The summed E-state index contributed by atoms with van der Waals surface area (Å²) in [6.07, 6.45) is 3.68. The number of anilines is 1. The fraction of sp³-hybridized carbons (Fsp3) is 0.357. The van der Waals surface area contributed by atoms with Gasteiger partial charge in [-0.15, -0.1) is 11.3 Å². The second-order valence-corrected chi connectivity index (χ2v) is 5.97. The van der Waals surface area contributed by atoms with Crippen molar-refractivity contribution in [3.8, 4) is 0 Å². The smallest absolute Gasteiger partial charge is 0.137 e. The van der Waals surface area contributed by atoms with E-state index in [0.717, 1.165) is 4.88 Å². The maximum atomic E-state index is 5.89. The molecule has 2 nitrogen and oxygen atoms in total. The van der Waals surface area contributed by atoms with Crippen LogP contribution < -0.4 is 5.73 Å². The lowest BCUT2D eigenvalue weighted by atomic mass is 9.65. The highest BCUT2D eigenvalue weighted by Gasteiger charge is 2.42. The van der Waals surface area contributed by atoms with E-state index in [4.69, 9.17) is 5.73 Å². The van der Waals surface area contributed by atoms with E-state index in [0.29, 0.717) is 5.82 Å². The number of aryl methyl sites for hydroxylation is 1. The molecule has 0 saturated heterocycles. The largest absolute Gasteiger partial charge is 0.383 e. The lowest BCUT2D eigenvalue weighted by Gasteiger charge is -2.40. The molecule has 0 spiro atoms. The van der Waals surface area contributed by atoms with E-state index in [-0.39, 0.29) is 5.41 Å². The van der Waals surface area contributed by atoms with Crippen molar-refractivity contribution in [2.75, 3.05) is 5.73 Å². The Morgan fingerprint density at radius 3 is 2.41 bits per heavy atom. The Hall–Kier alpha value is -1.35. The highest BCUT2D eigenvalue weighted by atomic mass is 32.1. The SMILES string of the molecule is Cc1sc(C2(c3ccccc3)CCC2)nc1N. The van der Waals surface area contributed by atoms with Gasteiger partial charge in [0.1, 0.15) is 10.8 Å². The van der Waals surface area contributed by atoms with Crippen molar-refractivity contribution in [3.05, 3.63) is 45.8 Å². The Bertz CT molecular complexity index is 507. The van der Waals surface area contributed by atoms with Crippen LogP contribution in [-0.2, 0) is 5.41 Å². The van der Waals surface area contributed by atoms with Crippen LogP contribution in [0.1, 0.15) is 34.7 Å². The van der Waals surface area contributed by atoms with E-state index in [1.807, 2.05) is 6.92 Å². The Morgan fingerprint density at radius 2 is 1.94 bits per heavy atom. The van der Waals surface area contributed by atoms with Crippen LogP contribution in [0.3, 0.4) is 0 Å². The van der Waals surface area contributed by atoms with Gasteiger partial charge in [0.25, 0.3) is 0 Å². The second-order valence-electron chi connectivity index (χ2n) is 4.76. The van der Waals surface area contributed by atoms with Crippen molar-refractivity contribution < 1.29 is 0 Å². The fourth-order valence-electron chi connectivity index (χ4n) is 2.53. The van der Waals surface area contributed by atoms with Crippen LogP contribution in [0.2, 0.25) is 0 Å². The molecule has 1 fully saturated rings. The molecule has 1 saturated carbocycles. The summed E-state index contributed by atoms with van der Waals surface area (Å²) in [5, 5.41) is 1.20. The predicted octanol–water partition coefficient (Wildman–Crippen LogP) is 3.50. The molecule has 0 unspecified atom stereocenters. The Labute approximate surface area is 106 Å². The number of rotatable bonds is 2. The van der Waals surface area contributed by atoms with E-state index in [1.165, 1.54) is 29.8 Å². The van der Waals surface area contributed by atoms with Crippen LogP contribution >= 0.6 is 11.3 Å². The van der Waals surface area contributed by atoms with Crippen molar-refractivity contribution in [2.24, 2.45) is 0 Å². The van der Waals surface area contributed by atoms with Gasteiger partial charge in [0.15, 0.2) is 0 Å². The minimum atomic E-state index is 0.147. The van der Waals surface area contributed by atoms with Gasteiger partial charge in [-0.25, -0.2) is 4.98 Å². The average molecular weight is 244 g/mol. The first-order valence-corrected chi connectivity index (χ1v) is 6.83. The van der Waals surface area contributed by atoms with Gasteiger partial charge in [0, 0.05) is 10.3 Å². The van der Waals surface area contributed by atoms with Crippen LogP contribution in [0.5, 0.6) is 0 Å². The summed E-state index contributed by atoms with van der Waals surface area (Å²) >= 11 is 1.76. The molecule has 0 bridgehead atoms. The van der Waals surface area contributed by atoms with Gasteiger partial charge >= 0.3 is 0 Å². The third-order valence-corrected chi connectivity index (χ3v) is 4.97. The summed E-state index contributed by atoms with van der Waals surface area (Å²) in [6, 6.07) is 10.7. The number of nitrogens with zero attached hydrogens (tertiary/aromatic N) is 1. The zero-order valence-electron chi connectivity index (χ0n) is 9.94. The van der Waals surface area contributed by atoms with Gasteiger partial charge in [0.2, 0.25) is 0 Å². The maximum absolute atomic E-state index is 5.89. The molecule has 88 valence electrons. The van der Waals surface area contributed by atoms with Crippen LogP contribution in [0.25, 0.3) is 0 Å². The first-order valence-electron chi connectivity index (χ1n) is 6.01. The zero-order chi connectivity index (χ0) is 11.9. The van der Waals surface area contributed by atoms with Crippen molar-refractivity contribution >= 4 is 17.2 Å². The standard InChI is InChI=1S/C14H16N2S/c1-10-12(15)16-13(17-10)14(8-5-9-14)11-6-3-2-4-7-11/h2-4,6-7H,5,8-9,15H2,1H3. The van der Waals surface area contributed by atoms with Crippen LogP contribution in [0, 0.1) is 6.92 Å². The Morgan fingerprint density at radius 1 is 1.24 bits per heavy atom. The molecule has 1 aliphatic carbocycles. The topological polar surface area (TPSA) is 38.9 Å². The molecule has 2 aromatic rings. The summed E-state index contributed by atoms with van der Waals surface area (Å²) in [5.41, 5.74) is 7.43. The third kappa shape index (κ3) is 1.57. The first-order chi connectivity index (χ1) is 8.22. The average Bonchev–Trinajstić information content (AvgIpc) is 2.59. The molecule has 1 aromatic heterocycles. The number of thiazole rings is 1. The number of benzene rings is 1. The number of nitrogens with two attached hydrogens (primary N) is 1. The molecule has 3 rings (SSSR count). The molecule has 1 aliphatic rings. The second kappa shape index (κ2) is 3.84. The van der Waals surface area contributed by atoms with Gasteiger partial charge in [-0.1, -0.05) is 36.8 Å². The fourth-order valence-corrected chi connectivity index (χ4v) is 3.63. The van der Waals surface area contributed by atoms with Gasteiger partial charge in [-0.05, 0) is 25.3 Å². The molecule has 2 N–H and O–H groups in total. The van der Waals surface area contributed by atoms with E-state index >= 15 is 0 Å². The minimum absolute atomic E-state index is 0.147. The summed E-state index contributed by atoms with van der Waals surface area (Å²) in [6.45, 7) is 2.05. The van der Waals surface area contributed by atoms with Crippen molar-refractivity contribution in [2.45, 2.75) is 31.6 Å². The van der Waals surface area contributed by atoms with E-state index in [9.17, 15) is 0 Å². The van der Waals surface area contributed by atoms with E-state index in [1.54, 1.807) is 11.3 Å². The third-order valence-electron chi connectivity index (χ3n) is 3.78. The first kappa shape index (κ1) is 10.8. The summed E-state index contributed by atoms with van der Waals surface area (Å²) < 4.78 is 0. The van der Waals surface area contributed by atoms with Crippen molar-refractivity contribution in [3.63, 3.8) is 0 Å². The van der Waals surface area contributed by atoms with Crippen LogP contribution in [-0.4, -0.2) is 4.98 Å². The molecular formula is C14H16N2S. The van der Waals surface area contributed by atoms with E-state index < -0.39 is 0 Å². The minimum Gasteiger partial charge on any atom is -0.383 e. The molecule has 0 radical (unpaired) electrons. The molecule has 0 amide bonds. The molecule has 0 atom stereocenters. The Kier molecular flexibility index (Phi) is 2.44. The molecular weight excluding hydrogens is 228 g/mol. The summed E-state index contributed by atoms with van der Waals surface area (Å²) in [4.78, 5) is 5.72. The van der Waals surface area contributed by atoms with Crippen LogP contribution in [0.15, 0.2) is 30.3 Å². The maximum Gasteiger partial charge on any atom is 0.137 e. The highest BCUT2D eigenvalue weighted by molar-refractivity contribution is 7.12. The number of nitrogen functional groups attached to an aromatic ring is 1. The molecule has 17 heavy (non-hydrogen) atoms. The van der Waals surface area contributed by atoms with Gasteiger partial charge < -0.3 is 5.73 Å². The predicted molar refractivity (Wildman–Crippen MR) is 72.3 cm³/mol. The monoisotopic (exact) mass is 244 g/mol. The van der Waals surface area contributed by atoms with Gasteiger partial charge in [-0.2, -0.15) is 0 Å². The van der Waals surface area contributed by atoms with E-state index in [2.05, 4.69) is 35.3 Å².